The monoisotopic (exact) mass is 437 g/mol. The van der Waals surface area contributed by atoms with E-state index in [2.05, 4.69) is 5.32 Å². The Morgan fingerprint density at radius 2 is 1.61 bits per heavy atom. The molecular formula is C20H18F3N3O5. The molecule has 0 spiro atoms. The predicted molar refractivity (Wildman–Crippen MR) is 102 cm³/mol. The van der Waals surface area contributed by atoms with Gasteiger partial charge in [-0.05, 0) is 36.4 Å². The Labute approximate surface area is 174 Å². The van der Waals surface area contributed by atoms with Crippen molar-refractivity contribution in [2.24, 2.45) is 5.73 Å². The molecule has 0 aliphatic rings. The molecule has 0 unspecified atom stereocenters. The summed E-state index contributed by atoms with van der Waals surface area (Å²) >= 11 is 0. The summed E-state index contributed by atoms with van der Waals surface area (Å²) < 4.78 is 44.3. The molecule has 31 heavy (non-hydrogen) atoms. The largest absolute Gasteiger partial charge is 0.454 e. The van der Waals surface area contributed by atoms with Gasteiger partial charge in [-0.1, -0.05) is 0 Å². The van der Waals surface area contributed by atoms with Crippen LogP contribution in [0.3, 0.4) is 0 Å². The molecule has 0 fully saturated rings. The maximum Gasteiger partial charge on any atom is 0.325 e. The lowest BCUT2D eigenvalue weighted by Gasteiger charge is -2.22. The van der Waals surface area contributed by atoms with Crippen LogP contribution in [0.15, 0.2) is 42.5 Å². The van der Waals surface area contributed by atoms with Crippen molar-refractivity contribution >= 4 is 29.4 Å². The molecule has 0 aliphatic heterocycles. The van der Waals surface area contributed by atoms with E-state index < -0.39 is 59.9 Å². The zero-order valence-electron chi connectivity index (χ0n) is 16.1. The third-order valence-corrected chi connectivity index (χ3v) is 3.95. The lowest BCUT2D eigenvalue weighted by Crippen LogP contribution is -2.38. The van der Waals surface area contributed by atoms with Crippen LogP contribution in [-0.2, 0) is 19.1 Å². The number of nitrogens with one attached hydrogen (secondary N) is 1. The van der Waals surface area contributed by atoms with E-state index in [4.69, 9.17) is 10.5 Å². The molecule has 2 aromatic carbocycles. The number of hydrogen-bond donors (Lipinski definition) is 2. The van der Waals surface area contributed by atoms with Crippen LogP contribution < -0.4 is 16.0 Å². The third kappa shape index (κ3) is 7.14. The van der Waals surface area contributed by atoms with Crippen molar-refractivity contribution in [2.75, 3.05) is 24.6 Å². The molecular weight excluding hydrogens is 419 g/mol. The standard InChI is InChI=1S/C20H18F3N3O5/c21-12-1-4-14(5-2-12)26(8-7-17(24)27)18(28)11-31-19(29)10-25-20(30)15-6-3-13(22)9-16(15)23/h1-6,9H,7-8,10-11H2,(H2,24,27)(H,25,30). The molecule has 0 aliphatic carbocycles. The summed E-state index contributed by atoms with van der Waals surface area (Å²) in [6.45, 7) is -1.55. The number of anilines is 1. The smallest absolute Gasteiger partial charge is 0.325 e. The zero-order valence-corrected chi connectivity index (χ0v) is 16.1. The number of primary amides is 1. The van der Waals surface area contributed by atoms with Crippen molar-refractivity contribution in [2.45, 2.75) is 6.42 Å². The van der Waals surface area contributed by atoms with Gasteiger partial charge in [0.15, 0.2) is 6.61 Å². The van der Waals surface area contributed by atoms with E-state index in [-0.39, 0.29) is 18.7 Å². The van der Waals surface area contributed by atoms with Crippen LogP contribution in [-0.4, -0.2) is 43.4 Å². The Balaban J connectivity index is 1.91. The number of rotatable bonds is 9. The second-order valence-corrected chi connectivity index (χ2v) is 6.21. The second kappa shape index (κ2) is 10.8. The topological polar surface area (TPSA) is 119 Å². The minimum atomic E-state index is -1.11. The maximum atomic E-state index is 13.6. The summed E-state index contributed by atoms with van der Waals surface area (Å²) in [5.41, 5.74) is 4.87. The second-order valence-electron chi connectivity index (χ2n) is 6.21. The SMILES string of the molecule is NC(=O)CCN(C(=O)COC(=O)CNC(=O)c1ccc(F)cc1F)c1ccc(F)cc1. The normalized spacial score (nSPS) is 10.3. The molecule has 164 valence electrons. The first-order valence-corrected chi connectivity index (χ1v) is 8.90. The van der Waals surface area contributed by atoms with Crippen molar-refractivity contribution in [3.8, 4) is 0 Å². The van der Waals surface area contributed by atoms with Gasteiger partial charge in [0.2, 0.25) is 5.91 Å². The van der Waals surface area contributed by atoms with Crippen LogP contribution in [0.1, 0.15) is 16.8 Å². The van der Waals surface area contributed by atoms with Gasteiger partial charge in [0, 0.05) is 24.7 Å². The summed E-state index contributed by atoms with van der Waals surface area (Å²) in [6, 6.07) is 7.12. The molecule has 0 saturated heterocycles. The van der Waals surface area contributed by atoms with E-state index in [1.54, 1.807) is 0 Å². The lowest BCUT2D eigenvalue weighted by molar-refractivity contribution is -0.146. The first-order chi connectivity index (χ1) is 14.7. The van der Waals surface area contributed by atoms with Crippen LogP contribution in [0.5, 0.6) is 0 Å². The average molecular weight is 437 g/mol. The van der Waals surface area contributed by atoms with Crippen LogP contribution in [0.4, 0.5) is 18.9 Å². The van der Waals surface area contributed by atoms with Gasteiger partial charge in [0.1, 0.15) is 24.0 Å². The zero-order chi connectivity index (χ0) is 23.0. The van der Waals surface area contributed by atoms with E-state index >= 15 is 0 Å². The Hall–Kier alpha value is -3.89. The van der Waals surface area contributed by atoms with Crippen molar-refractivity contribution in [3.05, 3.63) is 65.5 Å². The van der Waals surface area contributed by atoms with Crippen molar-refractivity contribution in [1.82, 2.24) is 5.32 Å². The van der Waals surface area contributed by atoms with E-state index in [1.165, 1.54) is 12.1 Å². The number of halogens is 3. The molecule has 3 N–H and O–H groups in total. The van der Waals surface area contributed by atoms with Crippen molar-refractivity contribution < 1.29 is 37.1 Å². The number of carbonyl (C=O) groups is 4. The number of amides is 3. The van der Waals surface area contributed by atoms with Crippen LogP contribution in [0.2, 0.25) is 0 Å². The third-order valence-electron chi connectivity index (χ3n) is 3.95. The van der Waals surface area contributed by atoms with Crippen LogP contribution >= 0.6 is 0 Å². The fraction of sp³-hybridized carbons (Fsp3) is 0.200. The van der Waals surface area contributed by atoms with E-state index in [0.717, 1.165) is 29.2 Å². The van der Waals surface area contributed by atoms with Crippen LogP contribution in [0.25, 0.3) is 0 Å². The van der Waals surface area contributed by atoms with Gasteiger partial charge >= 0.3 is 5.97 Å². The fourth-order valence-corrected chi connectivity index (χ4v) is 2.43. The average Bonchev–Trinajstić information content (AvgIpc) is 2.71. The minimum absolute atomic E-state index is 0.127. The lowest BCUT2D eigenvalue weighted by atomic mass is 10.2. The number of benzene rings is 2. The molecule has 2 rings (SSSR count). The molecule has 0 bridgehead atoms. The van der Waals surface area contributed by atoms with Crippen molar-refractivity contribution in [3.63, 3.8) is 0 Å². The number of hydrogen-bond acceptors (Lipinski definition) is 5. The maximum absolute atomic E-state index is 13.6. The summed E-state index contributed by atoms with van der Waals surface area (Å²) in [5, 5.41) is 2.09. The van der Waals surface area contributed by atoms with Crippen LogP contribution in [0, 0.1) is 17.5 Å². The quantitative estimate of drug-likeness (QED) is 0.573. The van der Waals surface area contributed by atoms with Crippen molar-refractivity contribution in [1.29, 1.82) is 0 Å². The van der Waals surface area contributed by atoms with E-state index in [1.807, 2.05) is 0 Å². The molecule has 0 atom stereocenters. The molecule has 3 amide bonds. The summed E-state index contributed by atoms with van der Waals surface area (Å²) in [5.74, 6) is -5.89. The molecule has 8 nitrogen and oxygen atoms in total. The highest BCUT2D eigenvalue weighted by Gasteiger charge is 2.19. The molecule has 0 aromatic heterocycles. The highest BCUT2D eigenvalue weighted by atomic mass is 19.1. The Bertz CT molecular complexity index is 983. The van der Waals surface area contributed by atoms with Gasteiger partial charge in [-0.3, -0.25) is 19.2 Å². The number of esters is 1. The molecule has 0 saturated carbocycles. The van der Waals surface area contributed by atoms with E-state index in [9.17, 15) is 32.3 Å². The fourth-order valence-electron chi connectivity index (χ4n) is 2.43. The number of ether oxygens (including phenoxy) is 1. The molecule has 11 heteroatoms. The number of nitrogens with zero attached hydrogens (tertiary/aromatic N) is 1. The summed E-state index contributed by atoms with van der Waals surface area (Å²) in [7, 11) is 0. The van der Waals surface area contributed by atoms with Gasteiger partial charge in [0.25, 0.3) is 11.8 Å². The van der Waals surface area contributed by atoms with Gasteiger partial charge in [-0.15, -0.1) is 0 Å². The summed E-state index contributed by atoms with van der Waals surface area (Å²) in [6.07, 6.45) is -0.184. The Kier molecular flexibility index (Phi) is 8.12. The Morgan fingerprint density at radius 1 is 0.968 bits per heavy atom. The van der Waals surface area contributed by atoms with E-state index in [0.29, 0.717) is 6.07 Å². The molecule has 0 heterocycles. The molecule has 2 aromatic rings. The highest BCUT2D eigenvalue weighted by molar-refractivity contribution is 5.97. The predicted octanol–water partition coefficient (Wildman–Crippen LogP) is 1.29. The van der Waals surface area contributed by atoms with Gasteiger partial charge in [0.05, 0.1) is 5.56 Å². The van der Waals surface area contributed by atoms with Gasteiger partial charge in [-0.2, -0.15) is 0 Å². The first-order valence-electron chi connectivity index (χ1n) is 8.90. The summed E-state index contributed by atoms with van der Waals surface area (Å²) in [4.78, 5) is 48.2. The minimum Gasteiger partial charge on any atom is -0.454 e. The van der Waals surface area contributed by atoms with Gasteiger partial charge < -0.3 is 20.7 Å². The number of carbonyl (C=O) groups excluding carboxylic acids is 4. The highest BCUT2D eigenvalue weighted by Crippen LogP contribution is 2.16. The Morgan fingerprint density at radius 3 is 2.23 bits per heavy atom. The number of nitrogens with two attached hydrogens (primary N) is 1. The first kappa shape index (κ1) is 23.4. The van der Waals surface area contributed by atoms with Gasteiger partial charge in [-0.25, -0.2) is 13.2 Å². The molecule has 0 radical (unpaired) electrons.